The Kier molecular flexibility index (Phi) is 18.2. The minimum absolute atomic E-state index is 0.0104. The number of rotatable bonds is 26. The molecule has 0 amide bonds. The highest BCUT2D eigenvalue weighted by atomic mass is 15.1. The van der Waals surface area contributed by atoms with Crippen LogP contribution in [0.15, 0.2) is 79.4 Å². The van der Waals surface area contributed by atoms with Crippen LogP contribution in [0, 0.1) is 0 Å². The Morgan fingerprint density at radius 3 is 1.61 bits per heavy atom. The van der Waals surface area contributed by atoms with Gasteiger partial charge in [-0.3, -0.25) is 0 Å². The van der Waals surface area contributed by atoms with Crippen molar-refractivity contribution in [2.45, 2.75) is 174 Å². The number of aryl methyl sites for hydroxylation is 1. The number of aromatic nitrogens is 2. The van der Waals surface area contributed by atoms with E-state index in [1.54, 1.807) is 0 Å². The predicted octanol–water partition coefficient (Wildman–Crippen LogP) is 12.4. The van der Waals surface area contributed by atoms with E-state index < -0.39 is 0 Å². The van der Waals surface area contributed by atoms with Crippen LogP contribution in [0.4, 0.5) is 0 Å². The first-order valence-electron chi connectivity index (χ1n) is 18.8. The van der Waals surface area contributed by atoms with Gasteiger partial charge in [0.05, 0.1) is 6.54 Å². The molecule has 44 heavy (non-hydrogen) atoms. The van der Waals surface area contributed by atoms with Crippen molar-refractivity contribution in [3.63, 3.8) is 0 Å². The van der Waals surface area contributed by atoms with Crippen LogP contribution in [0.2, 0.25) is 0 Å². The maximum Gasteiger partial charge on any atom is 0.244 e. The monoisotopic (exact) mass is 600 g/mol. The highest BCUT2D eigenvalue weighted by Gasteiger charge is 2.40. The van der Waals surface area contributed by atoms with E-state index in [0.717, 1.165) is 13.0 Å². The van der Waals surface area contributed by atoms with Gasteiger partial charge in [0.15, 0.2) is 0 Å². The van der Waals surface area contributed by atoms with E-state index >= 15 is 0 Å². The summed E-state index contributed by atoms with van der Waals surface area (Å²) in [4.78, 5) is 0. The first kappa shape index (κ1) is 36.1. The zero-order valence-corrected chi connectivity index (χ0v) is 29.0. The molecule has 2 atom stereocenters. The van der Waals surface area contributed by atoms with Crippen LogP contribution in [0.1, 0.15) is 166 Å². The van der Waals surface area contributed by atoms with Crippen LogP contribution in [0.5, 0.6) is 0 Å². The second kappa shape index (κ2) is 22.2. The Bertz CT molecular complexity index is 1070. The van der Waals surface area contributed by atoms with Crippen molar-refractivity contribution < 1.29 is 4.57 Å². The topological polar surface area (TPSA) is 8.81 Å². The Morgan fingerprint density at radius 1 is 0.591 bits per heavy atom. The van der Waals surface area contributed by atoms with Crippen LogP contribution >= 0.6 is 0 Å². The molecule has 0 aliphatic heterocycles. The van der Waals surface area contributed by atoms with E-state index in [-0.39, 0.29) is 5.41 Å². The number of hydrogen-bond donors (Lipinski definition) is 0. The molecule has 0 spiro atoms. The molecule has 0 aliphatic carbocycles. The summed E-state index contributed by atoms with van der Waals surface area (Å²) >= 11 is 0. The quantitative estimate of drug-likeness (QED) is 0.0641. The lowest BCUT2D eigenvalue weighted by Gasteiger charge is -2.37. The molecule has 0 aliphatic rings. The number of nitrogens with zero attached hydrogens (tertiary/aromatic N) is 2. The first-order valence-corrected chi connectivity index (χ1v) is 18.8. The number of hydrogen-bond acceptors (Lipinski definition) is 0. The first-order chi connectivity index (χ1) is 21.7. The van der Waals surface area contributed by atoms with E-state index in [1.165, 1.54) is 140 Å². The Balaban J connectivity index is 1.64. The molecule has 1 heterocycles. The lowest BCUT2D eigenvalue weighted by Crippen LogP contribution is -2.38. The van der Waals surface area contributed by atoms with Crippen molar-refractivity contribution in [1.29, 1.82) is 0 Å². The SMILES string of the molecule is CCCCCCCCCCCCCC(n1cc[n+](CCCCCCCCCC)c1)C(C)(Cc1ccccc1)c1ccccc1. The van der Waals surface area contributed by atoms with Crippen molar-refractivity contribution >= 4 is 0 Å². The zero-order valence-electron chi connectivity index (χ0n) is 29.0. The van der Waals surface area contributed by atoms with Crippen LogP contribution in [0.25, 0.3) is 0 Å². The number of benzene rings is 2. The van der Waals surface area contributed by atoms with Gasteiger partial charge in [0.2, 0.25) is 6.33 Å². The summed E-state index contributed by atoms with van der Waals surface area (Å²) in [6.45, 7) is 8.27. The fourth-order valence-electron chi connectivity index (χ4n) is 7.21. The summed E-state index contributed by atoms with van der Waals surface area (Å²) in [5.41, 5.74) is 2.90. The molecular formula is C42H67N2+. The molecule has 2 heteroatoms. The summed E-state index contributed by atoms with van der Waals surface area (Å²) in [6, 6.07) is 23.0. The van der Waals surface area contributed by atoms with Gasteiger partial charge in [0, 0.05) is 5.41 Å². The third-order valence-electron chi connectivity index (χ3n) is 10.0. The third kappa shape index (κ3) is 13.3. The van der Waals surface area contributed by atoms with Gasteiger partial charge in [0.25, 0.3) is 0 Å². The normalized spacial score (nSPS) is 13.6. The summed E-state index contributed by atoms with van der Waals surface area (Å²) < 4.78 is 5.04. The minimum Gasteiger partial charge on any atom is -0.237 e. The van der Waals surface area contributed by atoms with Gasteiger partial charge >= 0.3 is 0 Å². The van der Waals surface area contributed by atoms with Crippen LogP contribution in [-0.2, 0) is 18.4 Å². The fraction of sp³-hybridized carbons (Fsp3) is 0.643. The van der Waals surface area contributed by atoms with E-state index in [9.17, 15) is 0 Å². The maximum atomic E-state index is 2.58. The largest absolute Gasteiger partial charge is 0.244 e. The molecule has 0 fully saturated rings. The van der Waals surface area contributed by atoms with Gasteiger partial charge < -0.3 is 0 Å². The van der Waals surface area contributed by atoms with Crippen molar-refractivity contribution in [3.05, 3.63) is 90.5 Å². The molecule has 0 N–H and O–H groups in total. The fourth-order valence-corrected chi connectivity index (χ4v) is 7.21. The van der Waals surface area contributed by atoms with Crippen LogP contribution < -0.4 is 4.57 Å². The summed E-state index contributed by atoms with van der Waals surface area (Å²) in [5, 5.41) is 0. The molecule has 2 aromatic carbocycles. The van der Waals surface area contributed by atoms with E-state index in [2.05, 4.69) is 109 Å². The second-order valence-electron chi connectivity index (χ2n) is 13.9. The van der Waals surface area contributed by atoms with Crippen LogP contribution in [0.3, 0.4) is 0 Å². The van der Waals surface area contributed by atoms with Gasteiger partial charge in [-0.1, -0.05) is 184 Å². The lowest BCUT2D eigenvalue weighted by molar-refractivity contribution is -0.697. The summed E-state index contributed by atoms with van der Waals surface area (Å²) in [6.07, 6.45) is 35.7. The number of imidazole rings is 1. The molecule has 244 valence electrons. The molecule has 0 bridgehead atoms. The van der Waals surface area contributed by atoms with Gasteiger partial charge in [-0.2, -0.15) is 0 Å². The van der Waals surface area contributed by atoms with Crippen molar-refractivity contribution in [3.8, 4) is 0 Å². The highest BCUT2D eigenvalue weighted by Crippen LogP contribution is 2.41. The molecular weight excluding hydrogens is 532 g/mol. The molecule has 2 unspecified atom stereocenters. The molecule has 3 aromatic rings. The van der Waals surface area contributed by atoms with E-state index in [0.29, 0.717) is 6.04 Å². The molecule has 0 saturated heterocycles. The predicted molar refractivity (Wildman–Crippen MR) is 191 cm³/mol. The van der Waals surface area contributed by atoms with E-state index in [4.69, 9.17) is 0 Å². The van der Waals surface area contributed by atoms with Crippen molar-refractivity contribution in [2.24, 2.45) is 0 Å². The standard InChI is InChI=1S/C42H67N2/c1-4-6-8-10-12-14-15-16-17-19-27-33-41(44-36-35-43(38-44)34-28-20-18-13-11-9-7-5-2)42(3,40-31-25-22-26-32-40)37-39-29-23-21-24-30-39/h21-26,29-32,35-36,38,41H,4-20,27-28,33-34,37H2,1-3H3/q+1. The van der Waals surface area contributed by atoms with Crippen molar-refractivity contribution in [1.82, 2.24) is 4.57 Å². The molecule has 0 radical (unpaired) electrons. The molecule has 3 rings (SSSR count). The van der Waals surface area contributed by atoms with Gasteiger partial charge in [-0.25, -0.2) is 9.13 Å². The zero-order chi connectivity index (χ0) is 31.1. The highest BCUT2D eigenvalue weighted by molar-refractivity contribution is 5.30. The average Bonchev–Trinajstić information content (AvgIpc) is 3.52. The minimum atomic E-state index is 0.0104. The second-order valence-corrected chi connectivity index (χ2v) is 13.9. The van der Waals surface area contributed by atoms with Gasteiger partial charge in [0.1, 0.15) is 18.4 Å². The maximum absolute atomic E-state index is 2.58. The smallest absolute Gasteiger partial charge is 0.237 e. The Hall–Kier alpha value is -2.35. The Labute approximate surface area is 272 Å². The van der Waals surface area contributed by atoms with Gasteiger partial charge in [-0.05, 0) is 43.2 Å². The number of unbranched alkanes of at least 4 members (excludes halogenated alkanes) is 17. The van der Waals surface area contributed by atoms with Crippen LogP contribution in [-0.4, -0.2) is 4.57 Å². The van der Waals surface area contributed by atoms with E-state index in [1.807, 2.05) is 0 Å². The Morgan fingerprint density at radius 2 is 1.07 bits per heavy atom. The summed E-state index contributed by atoms with van der Waals surface area (Å²) in [7, 11) is 0. The molecule has 2 nitrogen and oxygen atoms in total. The average molecular weight is 600 g/mol. The molecule has 0 saturated carbocycles. The summed E-state index contributed by atoms with van der Waals surface area (Å²) in [5.74, 6) is 0. The molecule has 1 aromatic heterocycles. The third-order valence-corrected chi connectivity index (χ3v) is 10.0. The van der Waals surface area contributed by atoms with Crippen molar-refractivity contribution in [2.75, 3.05) is 0 Å². The lowest BCUT2D eigenvalue weighted by atomic mass is 9.70. The van der Waals surface area contributed by atoms with Gasteiger partial charge in [-0.15, -0.1) is 0 Å².